The number of aliphatic hydroxyl groups is 1. The van der Waals surface area contributed by atoms with Gasteiger partial charge in [-0.1, -0.05) is 73.1 Å². The molecule has 1 unspecified atom stereocenters. The van der Waals surface area contributed by atoms with Crippen LogP contribution in [0.15, 0.2) is 53.0 Å². The summed E-state index contributed by atoms with van der Waals surface area (Å²) in [4.78, 5) is 0. The average Bonchev–Trinajstić information content (AvgIpc) is 2.38. The zero-order chi connectivity index (χ0) is 15.7. The molecule has 0 saturated carbocycles. The van der Waals surface area contributed by atoms with E-state index < -0.39 is 5.60 Å². The first-order valence-electron chi connectivity index (χ1n) is 7.26. The van der Waals surface area contributed by atoms with Gasteiger partial charge >= 0.3 is 0 Å². The molecule has 1 N–H and O–H groups in total. The first kappa shape index (κ1) is 16.3. The summed E-state index contributed by atoms with van der Waals surface area (Å²) in [7, 11) is 0. The minimum atomic E-state index is -0.857. The second-order valence-electron chi connectivity index (χ2n) is 6.90. The molecule has 0 heterocycles. The molecule has 0 aromatic heterocycles. The molecule has 112 valence electrons. The van der Waals surface area contributed by atoms with E-state index in [2.05, 4.69) is 61.0 Å². The number of hydrogen-bond acceptors (Lipinski definition) is 1. The maximum atomic E-state index is 10.7. The Hall–Kier alpha value is -1.12. The van der Waals surface area contributed by atoms with Gasteiger partial charge in [0.25, 0.3) is 0 Å². The average molecular weight is 347 g/mol. The molecule has 2 heteroatoms. The highest BCUT2D eigenvalue weighted by Gasteiger charge is 2.23. The predicted octanol–water partition coefficient (Wildman–Crippen LogP) is 5.20. The van der Waals surface area contributed by atoms with Crippen molar-refractivity contribution in [2.45, 2.75) is 45.1 Å². The third kappa shape index (κ3) is 4.18. The fourth-order valence-electron chi connectivity index (χ4n) is 2.43. The monoisotopic (exact) mass is 346 g/mol. The first-order chi connectivity index (χ1) is 9.68. The molecule has 2 aromatic carbocycles. The molecule has 1 nitrogen and oxygen atoms in total. The zero-order valence-electron chi connectivity index (χ0n) is 13.2. The largest absolute Gasteiger partial charge is 0.385 e. The summed E-state index contributed by atoms with van der Waals surface area (Å²) in [6.07, 6.45) is 0.610. The summed E-state index contributed by atoms with van der Waals surface area (Å²) in [5, 5.41) is 10.7. The van der Waals surface area contributed by atoms with Crippen molar-refractivity contribution in [3.05, 3.63) is 69.7 Å². The number of halogens is 1. The summed E-state index contributed by atoms with van der Waals surface area (Å²) in [6.45, 7) is 8.49. The summed E-state index contributed by atoms with van der Waals surface area (Å²) >= 11 is 3.42. The Balaban J connectivity index is 2.18. The molecule has 0 saturated heterocycles. The van der Waals surface area contributed by atoms with E-state index in [0.29, 0.717) is 6.42 Å². The number of hydrogen-bond donors (Lipinski definition) is 1. The lowest BCUT2D eigenvalue weighted by atomic mass is 9.84. The van der Waals surface area contributed by atoms with Gasteiger partial charge in [-0.15, -0.1) is 0 Å². The topological polar surface area (TPSA) is 20.2 Å². The van der Waals surface area contributed by atoms with Gasteiger partial charge in [0.15, 0.2) is 0 Å². The van der Waals surface area contributed by atoms with Gasteiger partial charge in [0, 0.05) is 10.9 Å². The molecule has 0 radical (unpaired) electrons. The van der Waals surface area contributed by atoms with Gasteiger partial charge in [0.2, 0.25) is 0 Å². The standard InChI is InChI=1S/C19H23BrO/c1-18(2,3)15-7-5-14(6-8-15)13-19(4,21)16-9-11-17(20)12-10-16/h5-12,21H,13H2,1-4H3. The van der Waals surface area contributed by atoms with Crippen molar-refractivity contribution in [3.8, 4) is 0 Å². The first-order valence-corrected chi connectivity index (χ1v) is 8.06. The van der Waals surface area contributed by atoms with Crippen LogP contribution in [0.4, 0.5) is 0 Å². The molecule has 2 aromatic rings. The molecule has 0 bridgehead atoms. The van der Waals surface area contributed by atoms with Crippen molar-refractivity contribution in [1.29, 1.82) is 0 Å². The maximum absolute atomic E-state index is 10.7. The highest BCUT2D eigenvalue weighted by molar-refractivity contribution is 9.10. The van der Waals surface area contributed by atoms with E-state index in [9.17, 15) is 5.11 Å². The second kappa shape index (κ2) is 5.94. The zero-order valence-corrected chi connectivity index (χ0v) is 14.7. The van der Waals surface area contributed by atoms with Crippen LogP contribution in [0.3, 0.4) is 0 Å². The van der Waals surface area contributed by atoms with Crippen LogP contribution in [0.1, 0.15) is 44.4 Å². The van der Waals surface area contributed by atoms with E-state index in [0.717, 1.165) is 15.6 Å². The van der Waals surface area contributed by atoms with E-state index in [1.165, 1.54) is 5.56 Å². The Morgan fingerprint density at radius 2 is 1.29 bits per heavy atom. The Morgan fingerprint density at radius 1 is 0.810 bits per heavy atom. The maximum Gasteiger partial charge on any atom is 0.0908 e. The minimum Gasteiger partial charge on any atom is -0.385 e. The quantitative estimate of drug-likeness (QED) is 0.809. The predicted molar refractivity (Wildman–Crippen MR) is 92.6 cm³/mol. The fourth-order valence-corrected chi connectivity index (χ4v) is 2.70. The van der Waals surface area contributed by atoms with E-state index in [1.54, 1.807) is 0 Å². The van der Waals surface area contributed by atoms with Crippen LogP contribution in [0, 0.1) is 0 Å². The van der Waals surface area contributed by atoms with E-state index >= 15 is 0 Å². The van der Waals surface area contributed by atoms with Crippen molar-refractivity contribution in [3.63, 3.8) is 0 Å². The molecule has 0 aliphatic heterocycles. The van der Waals surface area contributed by atoms with E-state index in [1.807, 2.05) is 31.2 Å². The van der Waals surface area contributed by atoms with Crippen molar-refractivity contribution in [2.75, 3.05) is 0 Å². The highest BCUT2D eigenvalue weighted by Crippen LogP contribution is 2.28. The summed E-state index contributed by atoms with van der Waals surface area (Å²) < 4.78 is 1.02. The van der Waals surface area contributed by atoms with Crippen LogP contribution in [0.5, 0.6) is 0 Å². The van der Waals surface area contributed by atoms with Crippen molar-refractivity contribution >= 4 is 15.9 Å². The normalized spacial score (nSPS) is 14.8. The summed E-state index contributed by atoms with van der Waals surface area (Å²) in [5.74, 6) is 0. The third-order valence-corrected chi connectivity index (χ3v) is 4.36. The van der Waals surface area contributed by atoms with Crippen LogP contribution in [-0.4, -0.2) is 5.11 Å². The van der Waals surface area contributed by atoms with Crippen LogP contribution < -0.4 is 0 Å². The molecule has 0 aliphatic carbocycles. The lowest BCUT2D eigenvalue weighted by molar-refractivity contribution is 0.0576. The molecule has 21 heavy (non-hydrogen) atoms. The number of rotatable bonds is 3. The van der Waals surface area contributed by atoms with Gasteiger partial charge in [-0.2, -0.15) is 0 Å². The Kier molecular flexibility index (Phi) is 4.60. The smallest absolute Gasteiger partial charge is 0.0908 e. The molecule has 2 rings (SSSR count). The molecule has 0 aliphatic rings. The van der Waals surface area contributed by atoms with Gasteiger partial charge in [-0.05, 0) is 41.2 Å². The van der Waals surface area contributed by atoms with Crippen LogP contribution in [0.25, 0.3) is 0 Å². The minimum absolute atomic E-state index is 0.159. The third-order valence-electron chi connectivity index (χ3n) is 3.83. The van der Waals surface area contributed by atoms with Crippen LogP contribution in [-0.2, 0) is 17.4 Å². The summed E-state index contributed by atoms with van der Waals surface area (Å²) in [6, 6.07) is 16.4. The molecule has 0 amide bonds. The number of benzene rings is 2. The van der Waals surface area contributed by atoms with Crippen LogP contribution in [0.2, 0.25) is 0 Å². The Bertz CT molecular complexity index is 589. The Morgan fingerprint density at radius 3 is 1.76 bits per heavy atom. The molecule has 1 atom stereocenters. The SMILES string of the molecule is CC(C)(C)c1ccc(CC(C)(O)c2ccc(Br)cc2)cc1. The van der Waals surface area contributed by atoms with Crippen LogP contribution >= 0.6 is 15.9 Å². The summed E-state index contributed by atoms with van der Waals surface area (Å²) in [5.41, 5.74) is 2.70. The second-order valence-corrected chi connectivity index (χ2v) is 7.82. The molecular weight excluding hydrogens is 324 g/mol. The molecular formula is C19H23BrO. The fraction of sp³-hybridized carbons (Fsp3) is 0.368. The lowest BCUT2D eigenvalue weighted by Crippen LogP contribution is -2.24. The molecule has 0 fully saturated rings. The van der Waals surface area contributed by atoms with E-state index in [4.69, 9.17) is 0 Å². The van der Waals surface area contributed by atoms with E-state index in [-0.39, 0.29) is 5.41 Å². The van der Waals surface area contributed by atoms with Gasteiger partial charge in [0.1, 0.15) is 0 Å². The van der Waals surface area contributed by atoms with Crippen molar-refractivity contribution in [2.24, 2.45) is 0 Å². The van der Waals surface area contributed by atoms with Gasteiger partial charge in [-0.25, -0.2) is 0 Å². The highest BCUT2D eigenvalue weighted by atomic mass is 79.9. The lowest BCUT2D eigenvalue weighted by Gasteiger charge is -2.25. The van der Waals surface area contributed by atoms with Gasteiger partial charge < -0.3 is 5.11 Å². The molecule has 0 spiro atoms. The van der Waals surface area contributed by atoms with Gasteiger partial charge in [-0.3, -0.25) is 0 Å². The van der Waals surface area contributed by atoms with Crippen molar-refractivity contribution in [1.82, 2.24) is 0 Å². The Labute approximate surface area is 136 Å². The van der Waals surface area contributed by atoms with Gasteiger partial charge in [0.05, 0.1) is 5.60 Å². The van der Waals surface area contributed by atoms with Crippen molar-refractivity contribution < 1.29 is 5.11 Å².